The maximum absolute atomic E-state index is 12.1. The summed E-state index contributed by atoms with van der Waals surface area (Å²) in [5.74, 6) is -1.62. The number of benzene rings is 1. The zero-order valence-corrected chi connectivity index (χ0v) is 12.4. The highest BCUT2D eigenvalue weighted by Crippen LogP contribution is 2.17. The van der Waals surface area contributed by atoms with Gasteiger partial charge < -0.3 is 9.53 Å². The van der Waals surface area contributed by atoms with Crippen LogP contribution in [0.5, 0.6) is 0 Å². The molecule has 1 aromatic carbocycles. The van der Waals surface area contributed by atoms with Crippen molar-refractivity contribution in [1.82, 2.24) is 0 Å². The summed E-state index contributed by atoms with van der Waals surface area (Å²) in [7, 11) is -2.23. The van der Waals surface area contributed by atoms with E-state index in [2.05, 4.69) is 4.74 Å². The summed E-state index contributed by atoms with van der Waals surface area (Å²) in [5, 5.41) is 0. The molecule has 1 aromatic rings. The molecule has 1 atom stereocenters. The standard InChI is InChI=1S/C14H18O5S/c1-11(15)10-12(14(16)19-2)8-9-20(17,18)13-6-4-3-5-7-13/h3-7,12H,8-10H2,1-2H3. The lowest BCUT2D eigenvalue weighted by atomic mass is 10.0. The van der Waals surface area contributed by atoms with Crippen molar-refractivity contribution < 1.29 is 22.7 Å². The van der Waals surface area contributed by atoms with Crippen LogP contribution in [-0.2, 0) is 24.2 Å². The third-order valence-corrected chi connectivity index (χ3v) is 4.67. The van der Waals surface area contributed by atoms with Crippen LogP contribution in [0.25, 0.3) is 0 Å². The first-order valence-corrected chi connectivity index (χ1v) is 7.87. The Morgan fingerprint density at radius 3 is 2.30 bits per heavy atom. The van der Waals surface area contributed by atoms with Crippen LogP contribution in [0.4, 0.5) is 0 Å². The van der Waals surface area contributed by atoms with Gasteiger partial charge in [0, 0.05) is 6.42 Å². The fraction of sp³-hybridized carbons (Fsp3) is 0.429. The first-order valence-electron chi connectivity index (χ1n) is 6.22. The van der Waals surface area contributed by atoms with Gasteiger partial charge in [0.2, 0.25) is 0 Å². The van der Waals surface area contributed by atoms with Crippen LogP contribution in [0, 0.1) is 5.92 Å². The van der Waals surface area contributed by atoms with E-state index < -0.39 is 21.7 Å². The molecule has 0 saturated heterocycles. The van der Waals surface area contributed by atoms with E-state index in [-0.39, 0.29) is 29.3 Å². The third-order valence-electron chi connectivity index (χ3n) is 2.91. The minimum Gasteiger partial charge on any atom is -0.469 e. The number of hydrogen-bond donors (Lipinski definition) is 0. The number of methoxy groups -OCH3 is 1. The van der Waals surface area contributed by atoms with Crippen molar-refractivity contribution in [1.29, 1.82) is 0 Å². The fourth-order valence-corrected chi connectivity index (χ4v) is 3.26. The number of carbonyl (C=O) groups excluding carboxylic acids is 2. The minimum absolute atomic E-state index is 0.00299. The number of rotatable bonds is 7. The van der Waals surface area contributed by atoms with Gasteiger partial charge in [0.05, 0.1) is 23.7 Å². The van der Waals surface area contributed by atoms with Crippen molar-refractivity contribution >= 4 is 21.6 Å². The van der Waals surface area contributed by atoms with Gasteiger partial charge in [-0.25, -0.2) is 8.42 Å². The number of carbonyl (C=O) groups is 2. The average Bonchev–Trinajstić information content (AvgIpc) is 2.43. The van der Waals surface area contributed by atoms with Crippen molar-refractivity contribution in [3.8, 4) is 0 Å². The molecular weight excluding hydrogens is 280 g/mol. The van der Waals surface area contributed by atoms with Crippen molar-refractivity contribution in [2.75, 3.05) is 12.9 Å². The van der Waals surface area contributed by atoms with Gasteiger partial charge in [0.25, 0.3) is 0 Å². The maximum atomic E-state index is 12.1. The lowest BCUT2D eigenvalue weighted by Crippen LogP contribution is -2.22. The van der Waals surface area contributed by atoms with Crippen LogP contribution in [-0.4, -0.2) is 33.0 Å². The monoisotopic (exact) mass is 298 g/mol. The molecule has 5 nitrogen and oxygen atoms in total. The van der Waals surface area contributed by atoms with Crippen LogP contribution in [0.3, 0.4) is 0 Å². The number of ketones is 1. The molecule has 110 valence electrons. The first kappa shape index (κ1) is 16.4. The van der Waals surface area contributed by atoms with Crippen LogP contribution >= 0.6 is 0 Å². The Bertz CT molecular complexity index is 562. The number of esters is 1. The second kappa shape index (κ2) is 7.19. The predicted octanol–water partition coefficient (Wildman–Crippen LogP) is 1.62. The molecular formula is C14H18O5S. The van der Waals surface area contributed by atoms with E-state index in [1.54, 1.807) is 18.2 Å². The summed E-state index contributed by atoms with van der Waals surface area (Å²) >= 11 is 0. The number of hydrogen-bond acceptors (Lipinski definition) is 5. The van der Waals surface area contributed by atoms with Gasteiger partial charge in [0.15, 0.2) is 9.84 Å². The number of Topliss-reactive ketones (excluding diaryl/α,β-unsaturated/α-hetero) is 1. The van der Waals surface area contributed by atoms with E-state index in [4.69, 9.17) is 0 Å². The molecule has 1 rings (SSSR count). The van der Waals surface area contributed by atoms with Crippen molar-refractivity contribution in [2.24, 2.45) is 5.92 Å². The van der Waals surface area contributed by atoms with E-state index in [0.29, 0.717) is 0 Å². The quantitative estimate of drug-likeness (QED) is 0.715. The molecule has 6 heteroatoms. The van der Waals surface area contributed by atoms with Gasteiger partial charge in [0.1, 0.15) is 5.78 Å². The zero-order chi connectivity index (χ0) is 15.2. The zero-order valence-electron chi connectivity index (χ0n) is 11.5. The van der Waals surface area contributed by atoms with E-state index in [1.807, 2.05) is 0 Å². The Balaban J connectivity index is 2.76. The number of sulfone groups is 1. The molecule has 0 fully saturated rings. The molecule has 0 aromatic heterocycles. The van der Waals surface area contributed by atoms with Crippen LogP contribution in [0.1, 0.15) is 19.8 Å². The largest absolute Gasteiger partial charge is 0.469 e. The molecule has 0 aliphatic heterocycles. The van der Waals surface area contributed by atoms with Crippen LogP contribution < -0.4 is 0 Å². The Kier molecular flexibility index (Phi) is 5.88. The molecule has 1 unspecified atom stereocenters. The summed E-state index contributed by atoms with van der Waals surface area (Å²) in [4.78, 5) is 22.9. The summed E-state index contributed by atoms with van der Waals surface area (Å²) in [6.45, 7) is 1.36. The molecule has 0 radical (unpaired) electrons. The average molecular weight is 298 g/mol. The van der Waals surface area contributed by atoms with Gasteiger partial charge in [-0.2, -0.15) is 0 Å². The number of ether oxygens (including phenoxy) is 1. The smallest absolute Gasteiger partial charge is 0.309 e. The Morgan fingerprint density at radius 1 is 1.20 bits per heavy atom. The van der Waals surface area contributed by atoms with E-state index in [1.165, 1.54) is 26.2 Å². The molecule has 0 heterocycles. The SMILES string of the molecule is COC(=O)C(CCS(=O)(=O)c1ccccc1)CC(C)=O. The second-order valence-electron chi connectivity index (χ2n) is 4.55. The van der Waals surface area contributed by atoms with E-state index >= 15 is 0 Å². The molecule has 0 N–H and O–H groups in total. The Morgan fingerprint density at radius 2 is 1.80 bits per heavy atom. The van der Waals surface area contributed by atoms with Gasteiger partial charge in [-0.15, -0.1) is 0 Å². The topological polar surface area (TPSA) is 77.5 Å². The highest BCUT2D eigenvalue weighted by Gasteiger charge is 2.24. The molecule has 20 heavy (non-hydrogen) atoms. The molecule has 0 aliphatic rings. The van der Waals surface area contributed by atoms with E-state index in [9.17, 15) is 18.0 Å². The minimum atomic E-state index is -3.45. The highest BCUT2D eigenvalue weighted by atomic mass is 32.2. The first-order chi connectivity index (χ1) is 9.36. The van der Waals surface area contributed by atoms with E-state index in [0.717, 1.165) is 0 Å². The van der Waals surface area contributed by atoms with Gasteiger partial charge >= 0.3 is 5.97 Å². The molecule has 0 amide bonds. The van der Waals surface area contributed by atoms with Gasteiger partial charge in [-0.1, -0.05) is 18.2 Å². The lowest BCUT2D eigenvalue weighted by Gasteiger charge is -2.13. The summed E-state index contributed by atoms with van der Waals surface area (Å²) in [6, 6.07) is 8.02. The Labute approximate surface area is 118 Å². The molecule has 0 spiro atoms. The summed E-state index contributed by atoms with van der Waals surface area (Å²) in [6.07, 6.45) is 0.0699. The highest BCUT2D eigenvalue weighted by molar-refractivity contribution is 7.91. The van der Waals surface area contributed by atoms with Crippen LogP contribution in [0.2, 0.25) is 0 Å². The predicted molar refractivity (Wildman–Crippen MR) is 73.9 cm³/mol. The van der Waals surface area contributed by atoms with Crippen molar-refractivity contribution in [3.63, 3.8) is 0 Å². The summed E-state index contributed by atoms with van der Waals surface area (Å²) in [5.41, 5.74) is 0. The molecule has 0 aliphatic carbocycles. The van der Waals surface area contributed by atoms with Crippen LogP contribution in [0.15, 0.2) is 35.2 Å². The summed E-state index contributed by atoms with van der Waals surface area (Å²) < 4.78 is 28.8. The van der Waals surface area contributed by atoms with Gasteiger partial charge in [-0.05, 0) is 25.5 Å². The van der Waals surface area contributed by atoms with Gasteiger partial charge in [-0.3, -0.25) is 4.79 Å². The normalized spacial score (nSPS) is 12.7. The molecule has 0 bridgehead atoms. The lowest BCUT2D eigenvalue weighted by molar-refractivity contribution is -0.147. The third kappa shape index (κ3) is 4.77. The van der Waals surface area contributed by atoms with Crippen molar-refractivity contribution in [3.05, 3.63) is 30.3 Å². The second-order valence-corrected chi connectivity index (χ2v) is 6.66. The fourth-order valence-electron chi connectivity index (χ4n) is 1.86. The molecule has 0 saturated carbocycles. The maximum Gasteiger partial charge on any atom is 0.309 e. The Hall–Kier alpha value is -1.69. The van der Waals surface area contributed by atoms with Crippen molar-refractivity contribution in [2.45, 2.75) is 24.7 Å².